The van der Waals surface area contributed by atoms with Crippen molar-refractivity contribution in [3.05, 3.63) is 36.2 Å². The molecular weight excluding hydrogens is 414 g/mol. The first-order valence-corrected chi connectivity index (χ1v) is 12.3. The molecule has 2 aromatic heterocycles. The lowest BCUT2D eigenvalue weighted by atomic mass is 10.1. The third-order valence-electron chi connectivity index (χ3n) is 5.25. The number of fused-ring (bicyclic) bond motifs is 1. The van der Waals surface area contributed by atoms with Crippen molar-refractivity contribution in [2.24, 2.45) is 0 Å². The van der Waals surface area contributed by atoms with E-state index in [1.807, 2.05) is 0 Å². The van der Waals surface area contributed by atoms with Gasteiger partial charge in [0.1, 0.15) is 12.7 Å². The highest BCUT2D eigenvalue weighted by Crippen LogP contribution is 2.41. The summed E-state index contributed by atoms with van der Waals surface area (Å²) >= 11 is 0. The molecule has 3 N–H and O–H groups in total. The van der Waals surface area contributed by atoms with Crippen molar-refractivity contribution >= 4 is 29.3 Å². The van der Waals surface area contributed by atoms with Gasteiger partial charge in [0, 0.05) is 41.2 Å². The summed E-state index contributed by atoms with van der Waals surface area (Å²) in [6, 6.07) is 5.21. The molecule has 0 spiro atoms. The fraction of sp³-hybridized carbons (Fsp3) is 0.400. The van der Waals surface area contributed by atoms with Gasteiger partial charge in [-0.2, -0.15) is 13.2 Å². The summed E-state index contributed by atoms with van der Waals surface area (Å²) < 4.78 is 53.8. The third kappa shape index (κ3) is 4.09. The summed E-state index contributed by atoms with van der Waals surface area (Å²) in [4.78, 5) is 11.2. The lowest BCUT2D eigenvalue weighted by Gasteiger charge is -2.24. The SMILES string of the molecule is CP(C)(=O)c1cccc2c(-c3nc(N[C@H]4CCCNC4)ncc3C(F)(F)F)c[nH]c12. The highest BCUT2D eigenvalue weighted by Gasteiger charge is 2.36. The Morgan fingerprint density at radius 1 is 1.27 bits per heavy atom. The summed E-state index contributed by atoms with van der Waals surface area (Å²) in [6.07, 6.45) is -0.413. The number of piperidine rings is 1. The smallest absolute Gasteiger partial charge is 0.360 e. The van der Waals surface area contributed by atoms with Crippen molar-refractivity contribution < 1.29 is 17.7 Å². The zero-order valence-corrected chi connectivity index (χ0v) is 17.6. The predicted octanol–water partition coefficient (Wildman–Crippen LogP) is 4.06. The summed E-state index contributed by atoms with van der Waals surface area (Å²) in [6.45, 7) is 4.90. The summed E-state index contributed by atoms with van der Waals surface area (Å²) in [5.74, 6) is 0.161. The van der Waals surface area contributed by atoms with Crippen LogP contribution in [0.1, 0.15) is 18.4 Å². The summed E-state index contributed by atoms with van der Waals surface area (Å²) in [5, 5.41) is 7.53. The van der Waals surface area contributed by atoms with Gasteiger partial charge < -0.3 is 20.2 Å². The quantitative estimate of drug-likeness (QED) is 0.537. The Bertz CT molecular complexity index is 1120. The van der Waals surface area contributed by atoms with E-state index in [1.54, 1.807) is 31.5 Å². The predicted molar refractivity (Wildman–Crippen MR) is 113 cm³/mol. The Balaban J connectivity index is 1.84. The van der Waals surface area contributed by atoms with Gasteiger partial charge >= 0.3 is 6.18 Å². The standard InChI is InChI=1S/C20H23F3N5OP/c1-30(2,29)16-7-3-6-13-14(10-25-18(13)16)17-15(20(21,22)23)11-26-19(28-17)27-12-5-4-8-24-9-12/h3,6-7,10-12,24-25H,4-5,8-9H2,1-2H3,(H,26,27,28)/t12-/m0/s1. The molecule has 1 fully saturated rings. The minimum atomic E-state index is -4.60. The molecule has 1 aliphatic rings. The van der Waals surface area contributed by atoms with Crippen LogP contribution in [0.4, 0.5) is 19.1 Å². The van der Waals surface area contributed by atoms with Crippen molar-refractivity contribution in [1.29, 1.82) is 0 Å². The lowest BCUT2D eigenvalue weighted by Crippen LogP contribution is -2.38. The normalized spacial score (nSPS) is 18.0. The zero-order valence-electron chi connectivity index (χ0n) is 16.7. The number of aromatic nitrogens is 3. The number of nitrogens with one attached hydrogen (secondary N) is 3. The number of hydrogen-bond donors (Lipinski definition) is 3. The number of halogens is 3. The molecule has 0 saturated carbocycles. The number of aromatic amines is 1. The van der Waals surface area contributed by atoms with E-state index < -0.39 is 18.9 Å². The van der Waals surface area contributed by atoms with Crippen molar-refractivity contribution in [1.82, 2.24) is 20.3 Å². The maximum Gasteiger partial charge on any atom is 0.419 e. The molecule has 0 aliphatic carbocycles. The Labute approximate surface area is 172 Å². The van der Waals surface area contributed by atoms with Gasteiger partial charge in [0.2, 0.25) is 5.95 Å². The summed E-state index contributed by atoms with van der Waals surface area (Å²) in [5.41, 5.74) is -0.232. The topological polar surface area (TPSA) is 82.7 Å². The molecule has 0 radical (unpaired) electrons. The van der Waals surface area contributed by atoms with Crippen molar-refractivity contribution in [3.63, 3.8) is 0 Å². The van der Waals surface area contributed by atoms with Gasteiger partial charge in [-0.25, -0.2) is 9.97 Å². The first-order chi connectivity index (χ1) is 14.1. The first-order valence-electron chi connectivity index (χ1n) is 9.72. The number of rotatable bonds is 4. The second-order valence-corrected chi connectivity index (χ2v) is 11.1. The van der Waals surface area contributed by atoms with Crippen molar-refractivity contribution in [3.8, 4) is 11.3 Å². The zero-order chi connectivity index (χ0) is 21.5. The maximum atomic E-state index is 13.7. The number of benzene rings is 1. The number of hydrogen-bond acceptors (Lipinski definition) is 5. The van der Waals surface area contributed by atoms with E-state index >= 15 is 0 Å². The van der Waals surface area contributed by atoms with Crippen LogP contribution >= 0.6 is 7.14 Å². The summed E-state index contributed by atoms with van der Waals surface area (Å²) in [7, 11) is -2.63. The van der Waals surface area contributed by atoms with Gasteiger partial charge in [0.15, 0.2) is 0 Å². The number of nitrogens with zero attached hydrogens (tertiary/aromatic N) is 2. The molecule has 3 heterocycles. The van der Waals surface area contributed by atoms with E-state index in [9.17, 15) is 17.7 Å². The van der Waals surface area contributed by atoms with E-state index in [4.69, 9.17) is 0 Å². The molecule has 6 nitrogen and oxygen atoms in total. The van der Waals surface area contributed by atoms with E-state index in [-0.39, 0.29) is 17.7 Å². The lowest BCUT2D eigenvalue weighted by molar-refractivity contribution is -0.137. The Morgan fingerprint density at radius 3 is 2.73 bits per heavy atom. The van der Waals surface area contributed by atoms with E-state index in [0.29, 0.717) is 28.3 Å². The molecule has 0 bridgehead atoms. The fourth-order valence-corrected chi connectivity index (χ4v) is 4.97. The average molecular weight is 437 g/mol. The highest BCUT2D eigenvalue weighted by atomic mass is 31.2. The maximum absolute atomic E-state index is 13.7. The van der Waals surface area contributed by atoms with Crippen LogP contribution in [0.15, 0.2) is 30.6 Å². The van der Waals surface area contributed by atoms with E-state index in [1.165, 1.54) is 6.20 Å². The van der Waals surface area contributed by atoms with E-state index in [2.05, 4.69) is 25.6 Å². The molecule has 1 saturated heterocycles. The largest absolute Gasteiger partial charge is 0.419 e. The van der Waals surface area contributed by atoms with Gasteiger partial charge in [0.25, 0.3) is 0 Å². The molecule has 160 valence electrons. The van der Waals surface area contributed by atoms with Gasteiger partial charge in [-0.15, -0.1) is 0 Å². The van der Waals surface area contributed by atoms with Gasteiger partial charge in [-0.05, 0) is 38.8 Å². The molecule has 1 atom stereocenters. The molecule has 0 amide bonds. The molecule has 0 unspecified atom stereocenters. The van der Waals surface area contributed by atoms with Crippen LogP contribution in [0.3, 0.4) is 0 Å². The molecule has 4 rings (SSSR count). The van der Waals surface area contributed by atoms with Crippen molar-refractivity contribution in [2.45, 2.75) is 25.1 Å². The fourth-order valence-electron chi connectivity index (χ4n) is 3.80. The Hall–Kier alpha value is -2.38. The highest BCUT2D eigenvalue weighted by molar-refractivity contribution is 7.70. The molecule has 30 heavy (non-hydrogen) atoms. The minimum Gasteiger partial charge on any atom is -0.360 e. The molecule has 1 aromatic carbocycles. The van der Waals surface area contributed by atoms with Crippen molar-refractivity contribution in [2.75, 3.05) is 31.7 Å². The third-order valence-corrected chi connectivity index (χ3v) is 6.79. The average Bonchev–Trinajstić information content (AvgIpc) is 3.11. The number of H-pyrrole nitrogens is 1. The van der Waals surface area contributed by atoms with Crippen LogP contribution in [-0.2, 0) is 10.7 Å². The molecule has 1 aliphatic heterocycles. The van der Waals surface area contributed by atoms with E-state index in [0.717, 1.165) is 25.6 Å². The number of alkyl halides is 3. The number of para-hydroxylation sites is 1. The molecular formula is C20H23F3N5OP. The molecule has 10 heteroatoms. The first kappa shape index (κ1) is 20.9. The number of anilines is 1. The van der Waals surface area contributed by atoms with Crippen LogP contribution in [0.5, 0.6) is 0 Å². The minimum absolute atomic E-state index is 0.0592. The van der Waals surface area contributed by atoms with Crippen LogP contribution < -0.4 is 15.9 Å². The second-order valence-electron chi connectivity index (χ2n) is 7.89. The van der Waals surface area contributed by atoms with Crippen LogP contribution in [0.2, 0.25) is 0 Å². The van der Waals surface area contributed by atoms with Gasteiger partial charge in [-0.1, -0.05) is 12.1 Å². The molecule has 3 aromatic rings. The van der Waals surface area contributed by atoms with Crippen LogP contribution in [-0.4, -0.2) is 47.4 Å². The monoisotopic (exact) mass is 437 g/mol. The Morgan fingerprint density at radius 2 is 2.07 bits per heavy atom. The van der Waals surface area contributed by atoms with Crippen LogP contribution in [0.25, 0.3) is 22.2 Å². The Kier molecular flexibility index (Phi) is 5.36. The van der Waals surface area contributed by atoms with Crippen LogP contribution in [0, 0.1) is 0 Å². The second kappa shape index (κ2) is 7.71. The van der Waals surface area contributed by atoms with Gasteiger partial charge in [0.05, 0.1) is 11.2 Å². The van der Waals surface area contributed by atoms with Gasteiger partial charge in [-0.3, -0.25) is 0 Å².